The van der Waals surface area contributed by atoms with Crippen molar-refractivity contribution in [3.63, 3.8) is 0 Å². The first-order chi connectivity index (χ1) is 12.5. The maximum Gasteiger partial charge on any atom is 0.256 e. The fourth-order valence-corrected chi connectivity index (χ4v) is 3.71. The number of carbonyl (C=O) groups is 1. The standard InChI is InChI=1S/C20H19FN2O2S/c1-12-8-9-15(10-18(12)21)22-20(24)16-6-4-5-7-19(16)26-11-17-13(2)23-25-14(17)3/h4-10H,11H2,1-3H3,(H,22,24). The summed E-state index contributed by atoms with van der Waals surface area (Å²) in [4.78, 5) is 13.5. The van der Waals surface area contributed by atoms with Crippen molar-refractivity contribution in [2.75, 3.05) is 5.32 Å². The fraction of sp³-hybridized carbons (Fsp3) is 0.200. The number of aryl methyl sites for hydroxylation is 3. The van der Waals surface area contributed by atoms with E-state index < -0.39 is 0 Å². The van der Waals surface area contributed by atoms with Crippen LogP contribution in [-0.2, 0) is 5.75 Å². The Morgan fingerprint density at radius 1 is 1.19 bits per heavy atom. The van der Waals surface area contributed by atoms with Crippen LogP contribution in [0.25, 0.3) is 0 Å². The molecule has 0 aliphatic carbocycles. The van der Waals surface area contributed by atoms with Gasteiger partial charge >= 0.3 is 0 Å². The highest BCUT2D eigenvalue weighted by Gasteiger charge is 2.15. The number of benzene rings is 2. The monoisotopic (exact) mass is 370 g/mol. The second kappa shape index (κ2) is 7.74. The largest absolute Gasteiger partial charge is 0.361 e. The Hall–Kier alpha value is -2.60. The molecule has 1 aromatic heterocycles. The van der Waals surface area contributed by atoms with Gasteiger partial charge in [0.2, 0.25) is 0 Å². The van der Waals surface area contributed by atoms with Gasteiger partial charge in [0, 0.05) is 21.9 Å². The van der Waals surface area contributed by atoms with Crippen LogP contribution in [0.2, 0.25) is 0 Å². The van der Waals surface area contributed by atoms with Gasteiger partial charge < -0.3 is 9.84 Å². The Labute approximate surface area is 155 Å². The van der Waals surface area contributed by atoms with Gasteiger partial charge in [0.25, 0.3) is 5.91 Å². The first-order valence-corrected chi connectivity index (χ1v) is 9.15. The maximum absolute atomic E-state index is 13.7. The number of rotatable bonds is 5. The molecule has 3 aromatic rings. The van der Waals surface area contributed by atoms with Crippen LogP contribution in [0.1, 0.15) is 32.9 Å². The van der Waals surface area contributed by atoms with Crippen LogP contribution < -0.4 is 5.32 Å². The van der Waals surface area contributed by atoms with Gasteiger partial charge in [0.05, 0.1) is 11.3 Å². The molecule has 26 heavy (non-hydrogen) atoms. The van der Waals surface area contributed by atoms with E-state index in [0.29, 0.717) is 22.6 Å². The van der Waals surface area contributed by atoms with Gasteiger partial charge in [0.1, 0.15) is 11.6 Å². The SMILES string of the molecule is Cc1ccc(NC(=O)c2ccccc2SCc2c(C)noc2C)cc1F. The highest BCUT2D eigenvalue weighted by Crippen LogP contribution is 2.29. The lowest BCUT2D eigenvalue weighted by molar-refractivity contribution is 0.102. The molecule has 0 spiro atoms. The number of halogens is 1. The molecule has 2 aromatic carbocycles. The van der Waals surface area contributed by atoms with E-state index in [9.17, 15) is 9.18 Å². The van der Waals surface area contributed by atoms with Crippen LogP contribution in [-0.4, -0.2) is 11.1 Å². The Morgan fingerprint density at radius 3 is 2.65 bits per heavy atom. The minimum absolute atomic E-state index is 0.268. The van der Waals surface area contributed by atoms with Gasteiger partial charge in [-0.25, -0.2) is 4.39 Å². The van der Waals surface area contributed by atoms with Crippen LogP contribution in [0, 0.1) is 26.6 Å². The number of carbonyl (C=O) groups excluding carboxylic acids is 1. The number of nitrogens with one attached hydrogen (secondary N) is 1. The summed E-state index contributed by atoms with van der Waals surface area (Å²) in [5.74, 6) is 0.830. The summed E-state index contributed by atoms with van der Waals surface area (Å²) in [5.41, 5.74) is 3.41. The molecule has 0 aliphatic rings. The number of hydrogen-bond acceptors (Lipinski definition) is 4. The predicted octanol–water partition coefficient (Wildman–Crippen LogP) is 5.28. The Morgan fingerprint density at radius 2 is 1.96 bits per heavy atom. The summed E-state index contributed by atoms with van der Waals surface area (Å²) in [5, 5.41) is 6.71. The molecule has 0 unspecified atom stereocenters. The van der Waals surface area contributed by atoms with Crippen molar-refractivity contribution in [3.8, 4) is 0 Å². The van der Waals surface area contributed by atoms with Gasteiger partial charge in [0.15, 0.2) is 0 Å². The molecule has 0 radical (unpaired) electrons. The van der Waals surface area contributed by atoms with Crippen molar-refractivity contribution < 1.29 is 13.7 Å². The normalized spacial score (nSPS) is 10.8. The van der Waals surface area contributed by atoms with Gasteiger partial charge in [-0.3, -0.25) is 4.79 Å². The zero-order valence-electron chi connectivity index (χ0n) is 14.8. The molecule has 0 atom stereocenters. The number of anilines is 1. The molecule has 0 fully saturated rings. The van der Waals surface area contributed by atoms with E-state index in [-0.39, 0.29) is 11.7 Å². The molecule has 1 N–H and O–H groups in total. The molecule has 3 rings (SSSR count). The van der Waals surface area contributed by atoms with Crippen LogP contribution in [0.3, 0.4) is 0 Å². The van der Waals surface area contributed by atoms with E-state index in [0.717, 1.165) is 21.9 Å². The molecule has 0 bridgehead atoms. The third-order valence-electron chi connectivity index (χ3n) is 4.11. The van der Waals surface area contributed by atoms with Crippen molar-refractivity contribution in [2.45, 2.75) is 31.4 Å². The second-order valence-corrected chi connectivity index (χ2v) is 7.02. The van der Waals surface area contributed by atoms with Crippen LogP contribution in [0.5, 0.6) is 0 Å². The lowest BCUT2D eigenvalue weighted by Gasteiger charge is -2.10. The predicted molar refractivity (Wildman–Crippen MR) is 101 cm³/mol. The molecule has 134 valence electrons. The highest BCUT2D eigenvalue weighted by atomic mass is 32.2. The smallest absolute Gasteiger partial charge is 0.256 e. The van der Waals surface area contributed by atoms with E-state index >= 15 is 0 Å². The van der Waals surface area contributed by atoms with Crippen molar-refractivity contribution in [3.05, 3.63) is 76.4 Å². The van der Waals surface area contributed by atoms with Crippen LogP contribution >= 0.6 is 11.8 Å². The van der Waals surface area contributed by atoms with E-state index in [1.807, 2.05) is 32.0 Å². The molecular formula is C20H19FN2O2S. The molecule has 6 heteroatoms. The maximum atomic E-state index is 13.7. The Balaban J connectivity index is 1.77. The summed E-state index contributed by atoms with van der Waals surface area (Å²) in [6.45, 7) is 5.46. The topological polar surface area (TPSA) is 55.1 Å². The molecule has 1 amide bonds. The lowest BCUT2D eigenvalue weighted by atomic mass is 10.2. The average Bonchev–Trinajstić information content (AvgIpc) is 2.94. The lowest BCUT2D eigenvalue weighted by Crippen LogP contribution is -2.13. The van der Waals surface area contributed by atoms with Crippen molar-refractivity contribution in [1.82, 2.24) is 5.16 Å². The fourth-order valence-electron chi connectivity index (χ4n) is 2.51. The van der Waals surface area contributed by atoms with Gasteiger partial charge in [-0.2, -0.15) is 0 Å². The summed E-state index contributed by atoms with van der Waals surface area (Å²) < 4.78 is 18.9. The third kappa shape index (κ3) is 3.96. The van der Waals surface area contributed by atoms with Crippen molar-refractivity contribution >= 4 is 23.4 Å². The molecule has 0 saturated heterocycles. The van der Waals surface area contributed by atoms with Gasteiger partial charge in [-0.1, -0.05) is 23.4 Å². The zero-order chi connectivity index (χ0) is 18.7. The summed E-state index contributed by atoms with van der Waals surface area (Å²) >= 11 is 1.54. The zero-order valence-corrected chi connectivity index (χ0v) is 15.6. The summed E-state index contributed by atoms with van der Waals surface area (Å²) in [7, 11) is 0. The highest BCUT2D eigenvalue weighted by molar-refractivity contribution is 7.98. The molecule has 4 nitrogen and oxygen atoms in total. The van der Waals surface area contributed by atoms with Gasteiger partial charge in [-0.15, -0.1) is 11.8 Å². The number of nitrogens with zero attached hydrogens (tertiary/aromatic N) is 1. The number of hydrogen-bond donors (Lipinski definition) is 1. The van der Waals surface area contributed by atoms with E-state index in [2.05, 4.69) is 10.5 Å². The Bertz CT molecular complexity index is 933. The van der Waals surface area contributed by atoms with Gasteiger partial charge in [-0.05, 0) is 50.6 Å². The Kier molecular flexibility index (Phi) is 5.42. The van der Waals surface area contributed by atoms with Crippen LogP contribution in [0.15, 0.2) is 51.9 Å². The van der Waals surface area contributed by atoms with Crippen molar-refractivity contribution in [2.24, 2.45) is 0 Å². The van der Waals surface area contributed by atoms with Crippen LogP contribution in [0.4, 0.5) is 10.1 Å². The number of aromatic nitrogens is 1. The molecular weight excluding hydrogens is 351 g/mol. The summed E-state index contributed by atoms with van der Waals surface area (Å²) in [6, 6.07) is 12.0. The first-order valence-electron chi connectivity index (χ1n) is 8.17. The number of thioether (sulfide) groups is 1. The first kappa shape index (κ1) is 18.2. The quantitative estimate of drug-likeness (QED) is 0.621. The molecule has 1 heterocycles. The minimum atomic E-state index is -0.344. The van der Waals surface area contributed by atoms with Crippen molar-refractivity contribution in [1.29, 1.82) is 0 Å². The second-order valence-electron chi connectivity index (χ2n) is 6.01. The van der Waals surface area contributed by atoms with E-state index in [1.54, 1.807) is 36.9 Å². The average molecular weight is 370 g/mol. The minimum Gasteiger partial charge on any atom is -0.361 e. The van der Waals surface area contributed by atoms with E-state index in [1.165, 1.54) is 6.07 Å². The third-order valence-corrected chi connectivity index (χ3v) is 5.21. The molecule has 0 aliphatic heterocycles. The molecule has 0 saturated carbocycles. The van der Waals surface area contributed by atoms with E-state index in [4.69, 9.17) is 4.52 Å². The number of amides is 1. The summed E-state index contributed by atoms with van der Waals surface area (Å²) in [6.07, 6.45) is 0.